The van der Waals surface area contributed by atoms with Gasteiger partial charge in [0.05, 0.1) is 11.6 Å². The van der Waals surface area contributed by atoms with Gasteiger partial charge in [-0.05, 0) is 43.2 Å². The number of fused-ring (bicyclic) bond motifs is 3. The van der Waals surface area contributed by atoms with Crippen LogP contribution >= 0.6 is 0 Å². The van der Waals surface area contributed by atoms with Gasteiger partial charge in [0, 0.05) is 0 Å². The maximum Gasteiger partial charge on any atom is 0.294 e. The average molecular weight is 281 g/mol. The molecule has 2 nitrogen and oxygen atoms in total. The first-order valence-corrected chi connectivity index (χ1v) is 7.64. The zero-order chi connectivity index (χ0) is 15.4. The maximum absolute atomic E-state index is 2.38. The minimum absolute atomic E-state index is 0.0635. The second kappa shape index (κ2) is 4.33. The van der Waals surface area contributed by atoms with Crippen LogP contribution in [0.2, 0.25) is 0 Å². The molecule has 110 valence electrons. The van der Waals surface area contributed by atoms with Crippen molar-refractivity contribution in [2.45, 2.75) is 52.5 Å². The molecule has 0 amide bonds. The highest BCUT2D eigenvalue weighted by molar-refractivity contribution is 5.96. The van der Waals surface area contributed by atoms with Gasteiger partial charge in [-0.15, -0.1) is 0 Å². The van der Waals surface area contributed by atoms with Gasteiger partial charge in [0.25, 0.3) is 5.65 Å². The van der Waals surface area contributed by atoms with Gasteiger partial charge in [-0.1, -0.05) is 39.0 Å². The molecule has 0 saturated heterocycles. The van der Waals surface area contributed by atoms with Crippen molar-refractivity contribution in [2.24, 2.45) is 0 Å². The summed E-state index contributed by atoms with van der Waals surface area (Å²) in [4.78, 5) is 0. The van der Waals surface area contributed by atoms with E-state index in [0.29, 0.717) is 0 Å². The molecular weight excluding hydrogens is 256 g/mol. The number of nitrogens with zero attached hydrogens (tertiary/aromatic N) is 2. The lowest BCUT2D eigenvalue weighted by molar-refractivity contribution is -0.729. The molecule has 0 bridgehead atoms. The van der Waals surface area contributed by atoms with Gasteiger partial charge in [-0.3, -0.25) is 0 Å². The highest BCUT2D eigenvalue weighted by Gasteiger charge is 2.27. The number of hydrogen-bond donors (Lipinski definition) is 0. The molecule has 1 aromatic carbocycles. The van der Waals surface area contributed by atoms with Gasteiger partial charge in [0.15, 0.2) is 0 Å². The van der Waals surface area contributed by atoms with Crippen LogP contribution in [0.3, 0.4) is 0 Å². The van der Waals surface area contributed by atoms with Gasteiger partial charge in [0.1, 0.15) is 17.9 Å². The summed E-state index contributed by atoms with van der Waals surface area (Å²) in [6, 6.07) is 8.86. The number of rotatable bonds is 0. The maximum atomic E-state index is 2.38. The largest absolute Gasteiger partial charge is 0.294 e. The third-order valence-corrected chi connectivity index (χ3v) is 4.11. The number of pyridine rings is 1. The zero-order valence-electron chi connectivity index (χ0n) is 13.9. The molecule has 0 saturated carbocycles. The Kier molecular flexibility index (Phi) is 2.91. The predicted molar refractivity (Wildman–Crippen MR) is 88.8 cm³/mol. The Morgan fingerprint density at radius 1 is 0.905 bits per heavy atom. The summed E-state index contributed by atoms with van der Waals surface area (Å²) in [7, 11) is 0. The van der Waals surface area contributed by atoms with Crippen LogP contribution in [0.25, 0.3) is 16.4 Å². The topological polar surface area (TPSA) is 8.29 Å². The summed E-state index contributed by atoms with van der Waals surface area (Å²) < 4.78 is 4.62. The van der Waals surface area contributed by atoms with Crippen molar-refractivity contribution in [3.8, 4) is 0 Å². The molecule has 0 radical (unpaired) electrons. The Labute approximate surface area is 127 Å². The van der Waals surface area contributed by atoms with Crippen LogP contribution in [0.4, 0.5) is 0 Å². The quantitative estimate of drug-likeness (QED) is 0.539. The van der Waals surface area contributed by atoms with E-state index >= 15 is 0 Å². The first kappa shape index (κ1) is 14.1. The monoisotopic (exact) mass is 281 g/mol. The van der Waals surface area contributed by atoms with Gasteiger partial charge in [0.2, 0.25) is 0 Å². The van der Waals surface area contributed by atoms with E-state index in [-0.39, 0.29) is 11.0 Å². The molecule has 0 aliphatic heterocycles. The van der Waals surface area contributed by atoms with Crippen LogP contribution in [0.5, 0.6) is 0 Å². The minimum atomic E-state index is 0.0635. The third-order valence-electron chi connectivity index (χ3n) is 4.11. The molecule has 2 heteroatoms. The molecule has 0 unspecified atom stereocenters. The van der Waals surface area contributed by atoms with E-state index in [9.17, 15) is 0 Å². The lowest BCUT2D eigenvalue weighted by Gasteiger charge is -2.22. The molecule has 0 fully saturated rings. The van der Waals surface area contributed by atoms with E-state index in [1.54, 1.807) is 0 Å². The molecule has 0 N–H and O–H groups in total. The summed E-state index contributed by atoms with van der Waals surface area (Å²) in [5.41, 5.74) is 2.88. The number of benzene rings is 1. The second-order valence-corrected chi connectivity index (χ2v) is 7.91. The van der Waals surface area contributed by atoms with Crippen LogP contribution in [-0.2, 0) is 11.0 Å². The Morgan fingerprint density at radius 3 is 2.24 bits per heavy atom. The van der Waals surface area contributed by atoms with Crippen molar-refractivity contribution in [1.82, 2.24) is 4.40 Å². The number of aromatic nitrogens is 2. The highest BCUT2D eigenvalue weighted by Crippen LogP contribution is 2.32. The lowest BCUT2D eigenvalue weighted by atomic mass is 9.84. The van der Waals surface area contributed by atoms with Crippen LogP contribution < -0.4 is 4.57 Å². The molecular formula is C19H25N2+. The average Bonchev–Trinajstić information content (AvgIpc) is 2.80. The van der Waals surface area contributed by atoms with Crippen molar-refractivity contribution in [3.05, 3.63) is 48.4 Å². The Bertz CT molecular complexity index is 811. The van der Waals surface area contributed by atoms with Crippen molar-refractivity contribution in [3.63, 3.8) is 0 Å². The van der Waals surface area contributed by atoms with E-state index in [4.69, 9.17) is 0 Å². The molecule has 21 heavy (non-hydrogen) atoms. The van der Waals surface area contributed by atoms with Crippen molar-refractivity contribution in [2.75, 3.05) is 0 Å². The first-order chi connectivity index (χ1) is 9.69. The fourth-order valence-electron chi connectivity index (χ4n) is 3.06. The van der Waals surface area contributed by atoms with Crippen molar-refractivity contribution in [1.29, 1.82) is 0 Å². The SMILES string of the molecule is CC(C)(C)c1cccc2ccn3cc[n+](C(C)(C)C)c3c12. The summed E-state index contributed by atoms with van der Waals surface area (Å²) in [6.07, 6.45) is 6.50. The Hall–Kier alpha value is -1.83. The second-order valence-electron chi connectivity index (χ2n) is 7.91. The summed E-state index contributed by atoms with van der Waals surface area (Å²) in [5.74, 6) is 0. The molecule has 0 atom stereocenters. The van der Waals surface area contributed by atoms with Crippen LogP contribution in [0.15, 0.2) is 42.9 Å². The summed E-state index contributed by atoms with van der Waals surface area (Å²) in [6.45, 7) is 13.6. The molecule has 3 rings (SSSR count). The number of hydrogen-bond acceptors (Lipinski definition) is 0. The van der Waals surface area contributed by atoms with Crippen LogP contribution in [-0.4, -0.2) is 4.40 Å². The van der Waals surface area contributed by atoms with E-state index in [1.807, 2.05) is 0 Å². The van der Waals surface area contributed by atoms with E-state index in [1.165, 1.54) is 22.0 Å². The molecule has 3 aromatic rings. The number of imidazole rings is 1. The normalized spacial score (nSPS) is 13.2. The van der Waals surface area contributed by atoms with Crippen molar-refractivity contribution < 1.29 is 4.57 Å². The Morgan fingerprint density at radius 2 is 1.62 bits per heavy atom. The van der Waals surface area contributed by atoms with Crippen LogP contribution in [0.1, 0.15) is 47.1 Å². The summed E-state index contributed by atoms with van der Waals surface area (Å²) in [5, 5.41) is 2.68. The molecule has 0 spiro atoms. The third kappa shape index (κ3) is 2.23. The lowest BCUT2D eigenvalue weighted by Crippen LogP contribution is -2.49. The Balaban J connectivity index is 2.55. The van der Waals surface area contributed by atoms with E-state index in [2.05, 4.69) is 93.4 Å². The fraction of sp³-hybridized carbons (Fsp3) is 0.421. The highest BCUT2D eigenvalue weighted by atomic mass is 15.1. The van der Waals surface area contributed by atoms with E-state index in [0.717, 1.165) is 0 Å². The summed E-state index contributed by atoms with van der Waals surface area (Å²) >= 11 is 0. The molecule has 2 aromatic heterocycles. The van der Waals surface area contributed by atoms with Gasteiger partial charge >= 0.3 is 0 Å². The molecule has 0 aliphatic rings. The standard InChI is InChI=1S/C19H25N2/c1-18(2,3)15-9-7-8-14-10-11-20-12-13-21(19(4,5)6)17(20)16(14)15/h7-13H,1-6H3/q+1. The molecule has 2 heterocycles. The first-order valence-electron chi connectivity index (χ1n) is 7.64. The zero-order valence-corrected chi connectivity index (χ0v) is 13.9. The van der Waals surface area contributed by atoms with Gasteiger partial charge < -0.3 is 0 Å². The van der Waals surface area contributed by atoms with Gasteiger partial charge in [-0.25, -0.2) is 8.97 Å². The fourth-order valence-corrected chi connectivity index (χ4v) is 3.06. The minimum Gasteiger partial charge on any atom is -0.225 e. The van der Waals surface area contributed by atoms with Gasteiger partial charge in [-0.2, -0.15) is 0 Å². The van der Waals surface area contributed by atoms with Crippen LogP contribution in [0, 0.1) is 0 Å². The smallest absolute Gasteiger partial charge is 0.225 e. The molecule has 0 aliphatic carbocycles. The van der Waals surface area contributed by atoms with E-state index < -0.39 is 0 Å². The van der Waals surface area contributed by atoms with Crippen molar-refractivity contribution >= 4 is 16.4 Å². The predicted octanol–water partition coefficient (Wildman–Crippen LogP) is 4.43.